The highest BCUT2D eigenvalue weighted by Gasteiger charge is 2.23. The predicted octanol–water partition coefficient (Wildman–Crippen LogP) is 4.27. The van der Waals surface area contributed by atoms with Crippen molar-refractivity contribution in [3.8, 4) is 0 Å². The molecule has 0 heterocycles. The lowest BCUT2D eigenvalue weighted by Gasteiger charge is -2.06. The van der Waals surface area contributed by atoms with Gasteiger partial charge in [0.05, 0.1) is 0 Å². The van der Waals surface area contributed by atoms with Crippen LogP contribution in [-0.2, 0) is 4.79 Å². The molecule has 0 aromatic carbocycles. The van der Waals surface area contributed by atoms with E-state index in [-0.39, 0.29) is 0 Å². The molecular weight excluding hydrogens is 208 g/mol. The summed E-state index contributed by atoms with van der Waals surface area (Å²) in [6.45, 7) is 3.71. The Morgan fingerprint density at radius 1 is 1.00 bits per heavy atom. The number of hydrogen-bond acceptors (Lipinski definition) is 1. The van der Waals surface area contributed by atoms with Crippen LogP contribution in [0, 0.1) is 31.6 Å². The number of Topliss-reactive ketones (excluding diaryl/α,β-unsaturated/α-hetero) is 1. The third-order valence-corrected chi connectivity index (χ3v) is 3.05. The van der Waals surface area contributed by atoms with Gasteiger partial charge >= 0.3 is 0 Å². The monoisotopic (exact) mass is 231 g/mol. The van der Waals surface area contributed by atoms with E-state index in [9.17, 15) is 4.79 Å². The van der Waals surface area contributed by atoms with E-state index >= 15 is 0 Å². The van der Waals surface area contributed by atoms with Crippen LogP contribution in [0.15, 0.2) is 12.7 Å². The summed E-state index contributed by atoms with van der Waals surface area (Å²) in [4.78, 5) is 11.7. The van der Waals surface area contributed by atoms with Crippen LogP contribution in [0.2, 0.25) is 0 Å². The maximum absolute atomic E-state index is 11.7. The minimum atomic E-state index is 0.293. The van der Waals surface area contributed by atoms with Gasteiger partial charge in [0.1, 0.15) is 5.78 Å². The highest BCUT2D eigenvalue weighted by molar-refractivity contribution is 5.97. The summed E-state index contributed by atoms with van der Waals surface area (Å²) in [6, 6.07) is 0. The molecular formula is C16H23O. The van der Waals surface area contributed by atoms with Crippen molar-refractivity contribution >= 4 is 5.78 Å². The van der Waals surface area contributed by atoms with Crippen molar-refractivity contribution in [2.24, 2.45) is 0 Å². The van der Waals surface area contributed by atoms with Crippen molar-refractivity contribution in [2.45, 2.75) is 51.4 Å². The molecule has 1 fully saturated rings. The minimum absolute atomic E-state index is 0.293. The van der Waals surface area contributed by atoms with E-state index in [1.165, 1.54) is 32.1 Å². The third kappa shape index (κ3) is 6.65. The number of hydrogen-bond donors (Lipinski definition) is 0. The van der Waals surface area contributed by atoms with Crippen molar-refractivity contribution in [3.05, 3.63) is 44.3 Å². The fourth-order valence-corrected chi connectivity index (χ4v) is 1.99. The number of carbonyl (C=O) groups excluding carboxylic acids is 1. The summed E-state index contributed by atoms with van der Waals surface area (Å²) >= 11 is 0. The third-order valence-electron chi connectivity index (χ3n) is 3.05. The SMILES string of the molecule is C=CCCCCCCCCC(=O)[C]1[CH][CH][CH][CH]1. The highest BCUT2D eigenvalue weighted by atomic mass is 16.1. The van der Waals surface area contributed by atoms with E-state index in [4.69, 9.17) is 0 Å². The summed E-state index contributed by atoms with van der Waals surface area (Å²) in [5, 5.41) is 0. The number of unbranched alkanes of at least 4 members (excludes halogenated alkanes) is 6. The summed E-state index contributed by atoms with van der Waals surface area (Å²) in [7, 11) is 0. The lowest BCUT2D eigenvalue weighted by molar-refractivity contribution is -0.116. The van der Waals surface area contributed by atoms with Crippen molar-refractivity contribution < 1.29 is 4.79 Å². The van der Waals surface area contributed by atoms with Gasteiger partial charge in [0, 0.05) is 12.3 Å². The standard InChI is InChI=1S/C16H23O/c1-2-3-4-5-6-7-8-9-14-16(17)15-12-10-11-13-15/h2,10-13H,1,3-9,14H2. The maximum Gasteiger partial charge on any atom is 0.140 e. The quantitative estimate of drug-likeness (QED) is 0.405. The molecule has 1 nitrogen and oxygen atoms in total. The Bertz CT molecular complexity index is 214. The van der Waals surface area contributed by atoms with Gasteiger partial charge in [0.15, 0.2) is 0 Å². The first kappa shape index (κ1) is 14.5. The first-order valence-corrected chi connectivity index (χ1v) is 6.70. The zero-order valence-electron chi connectivity index (χ0n) is 10.7. The maximum atomic E-state index is 11.7. The van der Waals surface area contributed by atoms with Gasteiger partial charge in [-0.1, -0.05) is 31.8 Å². The van der Waals surface area contributed by atoms with Gasteiger partial charge in [-0.05, 0) is 44.9 Å². The molecule has 0 spiro atoms. The van der Waals surface area contributed by atoms with Gasteiger partial charge in [0.2, 0.25) is 0 Å². The van der Waals surface area contributed by atoms with Gasteiger partial charge in [0.25, 0.3) is 0 Å². The molecule has 0 aromatic rings. The largest absolute Gasteiger partial charge is 0.299 e. The molecule has 1 heteroatoms. The predicted molar refractivity (Wildman–Crippen MR) is 72.6 cm³/mol. The molecule has 0 aromatic heterocycles. The van der Waals surface area contributed by atoms with Crippen LogP contribution in [0.4, 0.5) is 0 Å². The smallest absolute Gasteiger partial charge is 0.140 e. The molecule has 1 aliphatic carbocycles. The van der Waals surface area contributed by atoms with Gasteiger partial charge < -0.3 is 0 Å². The minimum Gasteiger partial charge on any atom is -0.299 e. The number of allylic oxidation sites excluding steroid dienone is 1. The van der Waals surface area contributed by atoms with E-state index in [0.717, 1.165) is 18.8 Å². The first-order chi connectivity index (χ1) is 8.34. The summed E-state index contributed by atoms with van der Waals surface area (Å²) in [5.74, 6) is 1.16. The molecule has 0 unspecified atom stereocenters. The van der Waals surface area contributed by atoms with Gasteiger partial charge in [-0.25, -0.2) is 0 Å². The Kier molecular flexibility index (Phi) is 8.04. The fraction of sp³-hybridized carbons (Fsp3) is 0.500. The Hall–Kier alpha value is -0.590. The molecule has 0 amide bonds. The molecule has 0 saturated heterocycles. The molecule has 93 valence electrons. The second kappa shape index (κ2) is 9.44. The highest BCUT2D eigenvalue weighted by Crippen LogP contribution is 2.25. The number of carbonyl (C=O) groups is 1. The molecule has 5 radical (unpaired) electrons. The lowest BCUT2D eigenvalue weighted by Crippen LogP contribution is -2.08. The topological polar surface area (TPSA) is 17.1 Å². The van der Waals surface area contributed by atoms with E-state index in [2.05, 4.69) is 6.58 Å². The van der Waals surface area contributed by atoms with Crippen LogP contribution >= 0.6 is 0 Å². The van der Waals surface area contributed by atoms with Crippen molar-refractivity contribution in [1.82, 2.24) is 0 Å². The molecule has 1 saturated carbocycles. The Labute approximate surface area is 107 Å². The fourth-order valence-electron chi connectivity index (χ4n) is 1.99. The molecule has 0 bridgehead atoms. The van der Waals surface area contributed by atoms with Crippen LogP contribution in [0.3, 0.4) is 0 Å². The van der Waals surface area contributed by atoms with Crippen LogP contribution in [0.25, 0.3) is 0 Å². The first-order valence-electron chi connectivity index (χ1n) is 6.70. The van der Waals surface area contributed by atoms with Gasteiger partial charge in [-0.3, -0.25) is 4.79 Å². The zero-order valence-corrected chi connectivity index (χ0v) is 10.7. The second-order valence-electron chi connectivity index (χ2n) is 4.55. The summed E-state index contributed by atoms with van der Waals surface area (Å²) < 4.78 is 0. The van der Waals surface area contributed by atoms with Gasteiger partial charge in [-0.15, -0.1) is 6.58 Å². The van der Waals surface area contributed by atoms with Gasteiger partial charge in [-0.2, -0.15) is 0 Å². The summed E-state index contributed by atoms with van der Waals surface area (Å²) in [6.07, 6.45) is 18.8. The van der Waals surface area contributed by atoms with E-state index in [1.54, 1.807) is 0 Å². The zero-order chi connectivity index (χ0) is 12.3. The van der Waals surface area contributed by atoms with Crippen molar-refractivity contribution in [2.75, 3.05) is 0 Å². The molecule has 0 N–H and O–H groups in total. The van der Waals surface area contributed by atoms with Crippen LogP contribution in [0.1, 0.15) is 51.4 Å². The van der Waals surface area contributed by atoms with Crippen LogP contribution < -0.4 is 0 Å². The molecule has 1 rings (SSSR count). The molecule has 0 atom stereocenters. The lowest BCUT2D eigenvalue weighted by atomic mass is 9.97. The Morgan fingerprint density at radius 2 is 1.59 bits per heavy atom. The Balaban J connectivity index is 1.86. The average molecular weight is 231 g/mol. The van der Waals surface area contributed by atoms with Crippen LogP contribution in [-0.4, -0.2) is 5.78 Å². The van der Waals surface area contributed by atoms with E-state index in [0.29, 0.717) is 12.2 Å². The molecule has 1 aliphatic rings. The number of rotatable bonds is 10. The van der Waals surface area contributed by atoms with Crippen molar-refractivity contribution in [1.29, 1.82) is 0 Å². The number of ketones is 1. The van der Waals surface area contributed by atoms with E-state index in [1.807, 2.05) is 31.8 Å². The van der Waals surface area contributed by atoms with Crippen molar-refractivity contribution in [3.63, 3.8) is 0 Å². The average Bonchev–Trinajstić information content (AvgIpc) is 2.86. The molecule has 0 aliphatic heterocycles. The second-order valence-corrected chi connectivity index (χ2v) is 4.55. The normalized spacial score (nSPS) is 16.2. The molecule has 17 heavy (non-hydrogen) atoms. The Morgan fingerprint density at radius 3 is 2.24 bits per heavy atom. The van der Waals surface area contributed by atoms with E-state index < -0.39 is 0 Å². The summed E-state index contributed by atoms with van der Waals surface area (Å²) in [5.41, 5.74) is 0. The van der Waals surface area contributed by atoms with Crippen LogP contribution in [0.5, 0.6) is 0 Å².